The van der Waals surface area contributed by atoms with Gasteiger partial charge in [0, 0.05) is 12.4 Å². The molecule has 1 aliphatic rings. The maximum Gasteiger partial charge on any atom is 0.323 e. The summed E-state index contributed by atoms with van der Waals surface area (Å²) in [4.78, 5) is 11.0. The highest BCUT2D eigenvalue weighted by Crippen LogP contribution is 2.23. The molecule has 0 spiro atoms. The zero-order valence-electron chi connectivity index (χ0n) is 8.40. The van der Waals surface area contributed by atoms with Crippen molar-refractivity contribution in [2.24, 2.45) is 5.73 Å². The van der Waals surface area contributed by atoms with Crippen LogP contribution >= 0.6 is 11.8 Å². The van der Waals surface area contributed by atoms with Gasteiger partial charge < -0.3 is 15.2 Å². The van der Waals surface area contributed by atoms with Crippen molar-refractivity contribution in [1.29, 1.82) is 0 Å². The number of carbonyl (C=O) groups is 1. The summed E-state index contributed by atoms with van der Waals surface area (Å²) in [6, 6.07) is -0.532. The van der Waals surface area contributed by atoms with E-state index in [0.717, 1.165) is 19.4 Å². The highest BCUT2D eigenvalue weighted by molar-refractivity contribution is 7.99. The van der Waals surface area contributed by atoms with Gasteiger partial charge in [0.1, 0.15) is 11.5 Å². The molecule has 1 heterocycles. The molecule has 0 amide bonds. The molecule has 0 aromatic rings. The highest BCUT2D eigenvalue weighted by atomic mass is 32.2. The molecular formula is C9H17NO3S. The normalized spacial score (nSPS) is 24.3. The van der Waals surface area contributed by atoms with Crippen LogP contribution in [-0.2, 0) is 14.3 Å². The second-order valence-corrected chi connectivity index (χ2v) is 4.45. The van der Waals surface area contributed by atoms with E-state index in [1.54, 1.807) is 11.8 Å². The lowest BCUT2D eigenvalue weighted by Gasteiger charge is -2.22. The molecule has 2 atom stereocenters. The molecule has 0 aromatic carbocycles. The van der Waals surface area contributed by atoms with Gasteiger partial charge in [-0.1, -0.05) is 0 Å². The van der Waals surface area contributed by atoms with Crippen molar-refractivity contribution in [1.82, 2.24) is 0 Å². The molecule has 1 rings (SSSR count). The van der Waals surface area contributed by atoms with E-state index >= 15 is 0 Å². The largest absolute Gasteiger partial charge is 0.468 e. The van der Waals surface area contributed by atoms with Crippen molar-refractivity contribution in [2.45, 2.75) is 30.7 Å². The van der Waals surface area contributed by atoms with Crippen molar-refractivity contribution >= 4 is 17.7 Å². The molecule has 82 valence electrons. The summed E-state index contributed by atoms with van der Waals surface area (Å²) in [6.07, 6.45) is 3.39. The van der Waals surface area contributed by atoms with Crippen LogP contribution in [0.1, 0.15) is 19.3 Å². The SMILES string of the molecule is COC(=O)[C@@H](N)CS[C@@H]1CCCCO1. The molecule has 2 N–H and O–H groups in total. The van der Waals surface area contributed by atoms with Gasteiger partial charge in [0.15, 0.2) is 0 Å². The van der Waals surface area contributed by atoms with E-state index in [0.29, 0.717) is 5.75 Å². The van der Waals surface area contributed by atoms with Crippen molar-refractivity contribution in [3.63, 3.8) is 0 Å². The minimum absolute atomic E-state index is 0.208. The Labute approximate surface area is 88.5 Å². The van der Waals surface area contributed by atoms with Gasteiger partial charge in [-0.05, 0) is 19.3 Å². The fourth-order valence-corrected chi connectivity index (χ4v) is 2.36. The molecule has 4 nitrogen and oxygen atoms in total. The zero-order valence-corrected chi connectivity index (χ0v) is 9.22. The first-order valence-corrected chi connectivity index (χ1v) is 5.85. The van der Waals surface area contributed by atoms with Crippen LogP contribution < -0.4 is 5.73 Å². The van der Waals surface area contributed by atoms with E-state index in [-0.39, 0.29) is 11.4 Å². The summed E-state index contributed by atoms with van der Waals surface area (Å²) in [6.45, 7) is 0.825. The predicted molar refractivity (Wildman–Crippen MR) is 56.0 cm³/mol. The first-order chi connectivity index (χ1) is 6.74. The standard InChI is InChI=1S/C9H17NO3S/c1-12-9(11)7(10)6-14-8-4-2-3-5-13-8/h7-8H,2-6,10H2,1H3/t7-,8+/m0/s1. The topological polar surface area (TPSA) is 61.5 Å². The number of esters is 1. The summed E-state index contributed by atoms with van der Waals surface area (Å²) in [7, 11) is 1.35. The minimum Gasteiger partial charge on any atom is -0.468 e. The first-order valence-electron chi connectivity index (χ1n) is 4.80. The van der Waals surface area contributed by atoms with Gasteiger partial charge in [0.2, 0.25) is 0 Å². The lowest BCUT2D eigenvalue weighted by molar-refractivity contribution is -0.141. The highest BCUT2D eigenvalue weighted by Gasteiger charge is 2.19. The Morgan fingerprint density at radius 2 is 2.50 bits per heavy atom. The zero-order chi connectivity index (χ0) is 10.4. The van der Waals surface area contributed by atoms with Gasteiger partial charge in [-0.25, -0.2) is 0 Å². The molecule has 1 fully saturated rings. The lowest BCUT2D eigenvalue weighted by Crippen LogP contribution is -2.35. The number of hydrogen-bond donors (Lipinski definition) is 1. The monoisotopic (exact) mass is 219 g/mol. The fourth-order valence-electron chi connectivity index (χ4n) is 1.27. The van der Waals surface area contributed by atoms with Crippen LogP contribution in [0.4, 0.5) is 0 Å². The first kappa shape index (κ1) is 11.8. The Hall–Kier alpha value is -0.260. The number of methoxy groups -OCH3 is 1. The summed E-state index contributed by atoms with van der Waals surface area (Å²) < 4.78 is 10.0. The van der Waals surface area contributed by atoms with Crippen LogP contribution in [0.15, 0.2) is 0 Å². The summed E-state index contributed by atoms with van der Waals surface area (Å²) in [5, 5.41) is 0. The van der Waals surface area contributed by atoms with E-state index in [2.05, 4.69) is 4.74 Å². The number of nitrogens with two attached hydrogens (primary N) is 1. The smallest absolute Gasteiger partial charge is 0.323 e. The van der Waals surface area contributed by atoms with Gasteiger partial charge in [-0.2, -0.15) is 0 Å². The van der Waals surface area contributed by atoms with Crippen molar-refractivity contribution < 1.29 is 14.3 Å². The van der Waals surface area contributed by atoms with Crippen LogP contribution in [0.3, 0.4) is 0 Å². The van der Waals surface area contributed by atoms with Crippen LogP contribution in [0.2, 0.25) is 0 Å². The van der Waals surface area contributed by atoms with Crippen molar-refractivity contribution in [3.8, 4) is 0 Å². The predicted octanol–water partition coefficient (Wildman–Crippen LogP) is 0.746. The Balaban J connectivity index is 2.15. The second-order valence-electron chi connectivity index (χ2n) is 3.26. The van der Waals surface area contributed by atoms with E-state index in [9.17, 15) is 4.79 Å². The van der Waals surface area contributed by atoms with Crippen molar-refractivity contribution in [2.75, 3.05) is 19.5 Å². The second kappa shape index (κ2) is 6.27. The molecule has 0 aliphatic carbocycles. The van der Waals surface area contributed by atoms with Crippen LogP contribution in [0, 0.1) is 0 Å². The number of carbonyl (C=O) groups excluding carboxylic acids is 1. The number of thioether (sulfide) groups is 1. The van der Waals surface area contributed by atoms with Crippen LogP contribution in [0.5, 0.6) is 0 Å². The number of hydrogen-bond acceptors (Lipinski definition) is 5. The van der Waals surface area contributed by atoms with E-state index in [1.807, 2.05) is 0 Å². The van der Waals surface area contributed by atoms with Gasteiger partial charge in [-0.3, -0.25) is 4.79 Å². The van der Waals surface area contributed by atoms with Crippen LogP contribution in [0.25, 0.3) is 0 Å². The summed E-state index contributed by atoms with van der Waals surface area (Å²) >= 11 is 1.60. The Bertz CT molecular complexity index is 183. The summed E-state index contributed by atoms with van der Waals surface area (Å²) in [5.74, 6) is 0.213. The summed E-state index contributed by atoms with van der Waals surface area (Å²) in [5.41, 5.74) is 5.80. The van der Waals surface area contributed by atoms with E-state index < -0.39 is 6.04 Å². The molecule has 5 heteroatoms. The van der Waals surface area contributed by atoms with E-state index in [4.69, 9.17) is 10.5 Å². The molecular weight excluding hydrogens is 202 g/mol. The Kier molecular flexibility index (Phi) is 5.29. The minimum atomic E-state index is -0.532. The third kappa shape index (κ3) is 3.86. The molecule has 0 radical (unpaired) electrons. The van der Waals surface area contributed by atoms with E-state index in [1.165, 1.54) is 13.5 Å². The number of ether oxygens (including phenoxy) is 2. The van der Waals surface area contributed by atoms with Gasteiger partial charge >= 0.3 is 5.97 Å². The molecule has 1 aliphatic heterocycles. The molecule has 0 bridgehead atoms. The maximum absolute atomic E-state index is 11.0. The van der Waals surface area contributed by atoms with Crippen LogP contribution in [-0.4, -0.2) is 36.9 Å². The number of rotatable bonds is 4. The Morgan fingerprint density at radius 1 is 1.71 bits per heavy atom. The van der Waals surface area contributed by atoms with Crippen molar-refractivity contribution in [3.05, 3.63) is 0 Å². The molecule has 14 heavy (non-hydrogen) atoms. The fraction of sp³-hybridized carbons (Fsp3) is 0.889. The third-order valence-electron chi connectivity index (χ3n) is 2.10. The van der Waals surface area contributed by atoms with Gasteiger partial charge in [-0.15, -0.1) is 11.8 Å². The molecule has 0 saturated carbocycles. The van der Waals surface area contributed by atoms with Gasteiger partial charge in [0.25, 0.3) is 0 Å². The average molecular weight is 219 g/mol. The quantitative estimate of drug-likeness (QED) is 0.707. The average Bonchev–Trinajstić information content (AvgIpc) is 2.26. The Morgan fingerprint density at radius 3 is 3.07 bits per heavy atom. The molecule has 1 saturated heterocycles. The maximum atomic E-state index is 11.0. The molecule has 0 aromatic heterocycles. The third-order valence-corrected chi connectivity index (χ3v) is 3.40. The lowest BCUT2D eigenvalue weighted by atomic mass is 10.2. The molecule has 0 unspecified atom stereocenters. The van der Waals surface area contributed by atoms with Gasteiger partial charge in [0.05, 0.1) is 7.11 Å².